The average Bonchev–Trinajstić information content (AvgIpc) is 2.65. The van der Waals surface area contributed by atoms with Gasteiger partial charge >= 0.3 is 18.3 Å². The van der Waals surface area contributed by atoms with Crippen LogP contribution in [0.15, 0.2) is 48.5 Å². The fourth-order valence-electron chi connectivity index (χ4n) is 2.21. The molecular formula is C19H12ClF6NO3. The summed E-state index contributed by atoms with van der Waals surface area (Å²) in [5.41, 5.74) is -2.62. The van der Waals surface area contributed by atoms with Crippen LogP contribution in [0.4, 0.5) is 32.0 Å². The molecule has 1 N–H and O–H groups in total. The summed E-state index contributed by atoms with van der Waals surface area (Å²) in [6.45, 7) is -0.911. The van der Waals surface area contributed by atoms with Crippen LogP contribution in [0.5, 0.6) is 0 Å². The molecule has 4 nitrogen and oxygen atoms in total. The third kappa shape index (κ3) is 6.80. The highest BCUT2D eigenvalue weighted by Crippen LogP contribution is 2.36. The summed E-state index contributed by atoms with van der Waals surface area (Å²) in [5.74, 6) is -2.13. The zero-order valence-corrected chi connectivity index (χ0v) is 15.5. The van der Waals surface area contributed by atoms with E-state index in [-0.39, 0.29) is 10.6 Å². The Kier molecular flexibility index (Phi) is 7.14. The first-order chi connectivity index (χ1) is 13.9. The van der Waals surface area contributed by atoms with Crippen LogP contribution in [0, 0.1) is 0 Å². The van der Waals surface area contributed by atoms with Crippen molar-refractivity contribution in [3.63, 3.8) is 0 Å². The number of ether oxygens (including phenoxy) is 1. The van der Waals surface area contributed by atoms with Gasteiger partial charge in [0.25, 0.3) is 5.91 Å². The van der Waals surface area contributed by atoms with Crippen molar-refractivity contribution in [1.82, 2.24) is 0 Å². The Labute approximate surface area is 171 Å². The lowest BCUT2D eigenvalue weighted by molar-refractivity contribution is -0.142. The lowest BCUT2D eigenvalue weighted by Crippen LogP contribution is -2.22. The van der Waals surface area contributed by atoms with Gasteiger partial charge in [0.15, 0.2) is 6.61 Å². The zero-order valence-electron chi connectivity index (χ0n) is 14.8. The van der Waals surface area contributed by atoms with Crippen LogP contribution >= 0.6 is 11.6 Å². The molecule has 0 radical (unpaired) electrons. The van der Waals surface area contributed by atoms with Crippen LogP contribution in [0.3, 0.4) is 0 Å². The summed E-state index contributed by atoms with van der Waals surface area (Å²) < 4.78 is 81.4. The summed E-state index contributed by atoms with van der Waals surface area (Å²) >= 11 is 5.53. The molecule has 0 fully saturated rings. The second-order valence-corrected chi connectivity index (χ2v) is 6.24. The number of benzene rings is 2. The molecule has 0 aliphatic rings. The summed E-state index contributed by atoms with van der Waals surface area (Å²) in [7, 11) is 0. The smallest absolute Gasteiger partial charge is 0.418 e. The van der Waals surface area contributed by atoms with E-state index in [2.05, 4.69) is 4.74 Å². The fourth-order valence-corrected chi connectivity index (χ4v) is 2.39. The standard InChI is InChI=1S/C19H12ClF6NO3/c20-13-5-6-15(14(9-13)19(24,25)26)27-16(28)10-30-17(29)7-4-11-2-1-3-12(8-11)18(21,22)23/h1-9H,10H2,(H,27,28)/b7-4+. The fraction of sp³-hybridized carbons (Fsp3) is 0.158. The third-order valence-electron chi connectivity index (χ3n) is 3.53. The molecule has 1 amide bonds. The van der Waals surface area contributed by atoms with E-state index in [1.807, 2.05) is 5.32 Å². The van der Waals surface area contributed by atoms with E-state index < -0.39 is 47.7 Å². The van der Waals surface area contributed by atoms with E-state index in [0.717, 1.165) is 42.5 Å². The Morgan fingerprint density at radius 2 is 1.70 bits per heavy atom. The van der Waals surface area contributed by atoms with Gasteiger partial charge in [-0.25, -0.2) is 4.79 Å². The first-order valence-electron chi connectivity index (χ1n) is 8.05. The topological polar surface area (TPSA) is 55.4 Å². The van der Waals surface area contributed by atoms with E-state index in [1.165, 1.54) is 6.07 Å². The highest BCUT2D eigenvalue weighted by atomic mass is 35.5. The Morgan fingerprint density at radius 1 is 1.00 bits per heavy atom. The predicted octanol–water partition coefficient (Wildman–Crippen LogP) is 5.57. The Morgan fingerprint density at radius 3 is 2.33 bits per heavy atom. The number of amides is 1. The van der Waals surface area contributed by atoms with Gasteiger partial charge in [-0.3, -0.25) is 4.79 Å². The lowest BCUT2D eigenvalue weighted by atomic mass is 10.1. The Balaban J connectivity index is 1.96. The molecule has 0 unspecified atom stereocenters. The molecular weight excluding hydrogens is 440 g/mol. The summed E-state index contributed by atoms with van der Waals surface area (Å²) in [4.78, 5) is 23.4. The minimum absolute atomic E-state index is 0.0576. The van der Waals surface area contributed by atoms with Crippen LogP contribution in [0.1, 0.15) is 16.7 Å². The molecule has 30 heavy (non-hydrogen) atoms. The number of nitrogens with one attached hydrogen (secondary N) is 1. The van der Waals surface area contributed by atoms with Crippen LogP contribution < -0.4 is 5.32 Å². The van der Waals surface area contributed by atoms with Crippen LogP contribution in [0.2, 0.25) is 5.02 Å². The molecule has 0 aliphatic heterocycles. The summed E-state index contributed by atoms with van der Waals surface area (Å²) in [5, 5.41) is 1.77. The molecule has 0 spiro atoms. The molecule has 11 heteroatoms. The van der Waals surface area contributed by atoms with E-state index in [4.69, 9.17) is 11.6 Å². The third-order valence-corrected chi connectivity index (χ3v) is 3.77. The van der Waals surface area contributed by atoms with Crippen LogP contribution in [-0.4, -0.2) is 18.5 Å². The number of carbonyl (C=O) groups excluding carboxylic acids is 2. The number of hydrogen-bond acceptors (Lipinski definition) is 3. The minimum atomic E-state index is -4.78. The maximum atomic E-state index is 13.0. The monoisotopic (exact) mass is 451 g/mol. The second-order valence-electron chi connectivity index (χ2n) is 5.80. The predicted molar refractivity (Wildman–Crippen MR) is 96.5 cm³/mol. The Hall–Kier alpha value is -3.01. The van der Waals surface area contributed by atoms with Crippen molar-refractivity contribution in [2.75, 3.05) is 11.9 Å². The largest absolute Gasteiger partial charge is 0.452 e. The van der Waals surface area contributed by atoms with Gasteiger partial charge in [0, 0.05) is 11.1 Å². The molecule has 2 aromatic carbocycles. The zero-order chi connectivity index (χ0) is 22.5. The maximum Gasteiger partial charge on any atom is 0.418 e. The summed E-state index contributed by atoms with van der Waals surface area (Å²) in [6.07, 6.45) is -7.51. The first-order valence-corrected chi connectivity index (χ1v) is 8.43. The van der Waals surface area contributed by atoms with Crippen molar-refractivity contribution in [3.8, 4) is 0 Å². The number of rotatable bonds is 5. The SMILES string of the molecule is O=C(COC(=O)/C=C/c1cccc(C(F)(F)F)c1)Nc1ccc(Cl)cc1C(F)(F)F. The molecule has 0 atom stereocenters. The van der Waals surface area contributed by atoms with Crippen molar-refractivity contribution in [2.24, 2.45) is 0 Å². The second kappa shape index (κ2) is 9.21. The van der Waals surface area contributed by atoms with E-state index >= 15 is 0 Å². The lowest BCUT2D eigenvalue weighted by Gasteiger charge is -2.14. The molecule has 160 valence electrons. The van der Waals surface area contributed by atoms with E-state index in [0.29, 0.717) is 6.07 Å². The number of alkyl halides is 6. The summed E-state index contributed by atoms with van der Waals surface area (Å²) in [6, 6.07) is 6.81. The first kappa shape index (κ1) is 23.3. The molecule has 2 aromatic rings. The number of esters is 1. The number of carbonyl (C=O) groups is 2. The number of hydrogen-bond donors (Lipinski definition) is 1. The molecule has 2 rings (SSSR count). The molecule has 0 bridgehead atoms. The van der Waals surface area contributed by atoms with Crippen molar-refractivity contribution in [2.45, 2.75) is 12.4 Å². The number of halogens is 7. The minimum Gasteiger partial charge on any atom is -0.452 e. The normalized spacial score (nSPS) is 12.1. The van der Waals surface area contributed by atoms with Gasteiger partial charge in [0.2, 0.25) is 0 Å². The van der Waals surface area contributed by atoms with Crippen molar-refractivity contribution < 1.29 is 40.7 Å². The highest BCUT2D eigenvalue weighted by molar-refractivity contribution is 6.30. The molecule has 0 heterocycles. The van der Waals surface area contributed by atoms with Crippen molar-refractivity contribution >= 4 is 35.2 Å². The van der Waals surface area contributed by atoms with Gasteiger partial charge in [-0.1, -0.05) is 23.7 Å². The Bertz CT molecular complexity index is 969. The molecule has 0 aliphatic carbocycles. The van der Waals surface area contributed by atoms with Crippen LogP contribution in [0.25, 0.3) is 6.08 Å². The van der Waals surface area contributed by atoms with E-state index in [1.54, 1.807) is 0 Å². The maximum absolute atomic E-state index is 13.0. The highest BCUT2D eigenvalue weighted by Gasteiger charge is 2.34. The molecule has 0 saturated heterocycles. The van der Waals surface area contributed by atoms with Gasteiger partial charge in [0.05, 0.1) is 16.8 Å². The molecule has 0 saturated carbocycles. The number of anilines is 1. The van der Waals surface area contributed by atoms with Crippen molar-refractivity contribution in [3.05, 3.63) is 70.3 Å². The van der Waals surface area contributed by atoms with Gasteiger partial charge in [-0.2, -0.15) is 26.3 Å². The molecule has 0 aromatic heterocycles. The van der Waals surface area contributed by atoms with Crippen molar-refractivity contribution in [1.29, 1.82) is 0 Å². The average molecular weight is 452 g/mol. The van der Waals surface area contributed by atoms with Gasteiger partial charge in [0.1, 0.15) is 0 Å². The quantitative estimate of drug-likeness (QED) is 0.367. The van der Waals surface area contributed by atoms with Gasteiger partial charge in [-0.15, -0.1) is 0 Å². The van der Waals surface area contributed by atoms with Gasteiger partial charge < -0.3 is 10.1 Å². The van der Waals surface area contributed by atoms with Gasteiger partial charge in [-0.05, 0) is 42.0 Å². The van der Waals surface area contributed by atoms with Crippen LogP contribution in [-0.2, 0) is 26.7 Å². The van der Waals surface area contributed by atoms with E-state index in [9.17, 15) is 35.9 Å².